The van der Waals surface area contributed by atoms with E-state index in [1.165, 1.54) is 16.7 Å². The van der Waals surface area contributed by atoms with Gasteiger partial charge in [-0.25, -0.2) is 4.98 Å². The molecule has 5 nitrogen and oxygen atoms in total. The van der Waals surface area contributed by atoms with Crippen molar-refractivity contribution in [3.63, 3.8) is 0 Å². The number of hydrogen-bond donors (Lipinski definition) is 1. The topological polar surface area (TPSA) is 81.2 Å². The van der Waals surface area contributed by atoms with Crippen molar-refractivity contribution in [2.45, 2.75) is 34.3 Å². The maximum absolute atomic E-state index is 9.91. The number of benzene rings is 3. The normalized spacial score (nSPS) is 10.6. The molecule has 0 aliphatic carbocycles. The summed E-state index contributed by atoms with van der Waals surface area (Å²) >= 11 is 0. The number of anilines is 1. The average Bonchev–Trinajstić information content (AvgIpc) is 2.84. The molecule has 3 aromatic carbocycles. The van der Waals surface area contributed by atoms with Gasteiger partial charge in [0.15, 0.2) is 11.5 Å². The molecule has 0 atom stereocenters. The Bertz CT molecular complexity index is 1410. The molecule has 0 fully saturated rings. The van der Waals surface area contributed by atoms with Crippen molar-refractivity contribution in [2.75, 3.05) is 12.8 Å². The highest BCUT2D eigenvalue weighted by molar-refractivity contribution is 5.90. The largest absolute Gasteiger partial charge is 0.493 e. The van der Waals surface area contributed by atoms with Gasteiger partial charge in [0.05, 0.1) is 7.11 Å². The summed E-state index contributed by atoms with van der Waals surface area (Å²) in [6.07, 6.45) is 1.72. The van der Waals surface area contributed by atoms with Gasteiger partial charge in [0.2, 0.25) is 0 Å². The highest BCUT2D eigenvalue weighted by atomic mass is 16.5. The van der Waals surface area contributed by atoms with E-state index < -0.39 is 0 Å². The Labute approximate surface area is 206 Å². The van der Waals surface area contributed by atoms with Crippen molar-refractivity contribution in [1.82, 2.24) is 4.98 Å². The zero-order valence-corrected chi connectivity index (χ0v) is 20.8. The molecule has 0 saturated heterocycles. The van der Waals surface area contributed by atoms with Crippen LogP contribution in [0.5, 0.6) is 11.5 Å². The van der Waals surface area contributed by atoms with E-state index in [4.69, 9.17) is 15.2 Å². The van der Waals surface area contributed by atoms with Crippen LogP contribution in [0.15, 0.2) is 60.8 Å². The molecule has 2 N–H and O–H groups in total. The number of aryl methyl sites for hydroxylation is 4. The molecule has 0 saturated carbocycles. The maximum Gasteiger partial charge on any atom is 0.161 e. The Kier molecular flexibility index (Phi) is 6.75. The molecule has 0 spiro atoms. The molecule has 176 valence electrons. The van der Waals surface area contributed by atoms with Crippen molar-refractivity contribution >= 4 is 5.82 Å². The van der Waals surface area contributed by atoms with Crippen LogP contribution in [0.3, 0.4) is 0 Å². The minimum Gasteiger partial charge on any atom is -0.493 e. The van der Waals surface area contributed by atoms with Crippen molar-refractivity contribution in [3.8, 4) is 39.8 Å². The van der Waals surface area contributed by atoms with Crippen LogP contribution in [-0.2, 0) is 6.61 Å². The van der Waals surface area contributed by atoms with E-state index in [9.17, 15) is 5.26 Å². The minimum absolute atomic E-state index is 0.197. The summed E-state index contributed by atoms with van der Waals surface area (Å²) < 4.78 is 11.9. The van der Waals surface area contributed by atoms with Gasteiger partial charge in [-0.15, -0.1) is 0 Å². The molecule has 4 aromatic rings. The van der Waals surface area contributed by atoms with Crippen LogP contribution in [0.1, 0.15) is 33.4 Å². The van der Waals surface area contributed by atoms with Crippen LogP contribution in [0.4, 0.5) is 5.82 Å². The summed E-state index contributed by atoms with van der Waals surface area (Å²) in [5, 5.41) is 9.91. The van der Waals surface area contributed by atoms with Gasteiger partial charge in [0, 0.05) is 17.3 Å². The van der Waals surface area contributed by atoms with E-state index in [1.807, 2.05) is 49.4 Å². The molecular weight excluding hydrogens is 434 g/mol. The van der Waals surface area contributed by atoms with Gasteiger partial charge in [-0.3, -0.25) is 0 Å². The standard InChI is InChI=1S/C30H29N3O2/c1-18-6-8-22(9-7-18)25-16-33-30(32)24(15-31)29(25)23-10-11-27(28(14-23)34-5)35-17-26-20(3)12-19(2)13-21(26)4/h6-14,16H,17H2,1-5H3,(H2,32,33). The second-order valence-corrected chi connectivity index (χ2v) is 8.82. The molecule has 0 radical (unpaired) electrons. The first kappa shape index (κ1) is 23.8. The van der Waals surface area contributed by atoms with Crippen LogP contribution in [0, 0.1) is 39.0 Å². The van der Waals surface area contributed by atoms with E-state index in [0.29, 0.717) is 23.7 Å². The number of nitrogens with zero attached hydrogens (tertiary/aromatic N) is 2. The number of nitrogens with two attached hydrogens (primary N) is 1. The summed E-state index contributed by atoms with van der Waals surface area (Å²) in [7, 11) is 1.61. The molecule has 0 amide bonds. The van der Waals surface area contributed by atoms with Crippen molar-refractivity contribution in [3.05, 3.63) is 94.2 Å². The quantitative estimate of drug-likeness (QED) is 0.344. The zero-order valence-electron chi connectivity index (χ0n) is 20.8. The van der Waals surface area contributed by atoms with Gasteiger partial charge in [-0.2, -0.15) is 5.26 Å². The summed E-state index contributed by atoms with van der Waals surface area (Å²) in [6.45, 7) is 8.77. The lowest BCUT2D eigenvalue weighted by Crippen LogP contribution is -2.03. The number of nitrogen functional groups attached to an aromatic ring is 1. The Morgan fingerprint density at radius 2 is 1.51 bits per heavy atom. The number of rotatable bonds is 6. The number of aromatic nitrogens is 1. The third-order valence-corrected chi connectivity index (χ3v) is 6.25. The second kappa shape index (κ2) is 9.90. The highest BCUT2D eigenvalue weighted by Crippen LogP contribution is 2.40. The maximum atomic E-state index is 9.91. The van der Waals surface area contributed by atoms with Crippen molar-refractivity contribution in [1.29, 1.82) is 5.26 Å². The Morgan fingerprint density at radius 3 is 2.14 bits per heavy atom. The number of pyridine rings is 1. The smallest absolute Gasteiger partial charge is 0.161 e. The van der Waals surface area contributed by atoms with Gasteiger partial charge in [0.1, 0.15) is 24.1 Å². The fraction of sp³-hybridized carbons (Fsp3) is 0.200. The third-order valence-electron chi connectivity index (χ3n) is 6.25. The zero-order chi connectivity index (χ0) is 25.1. The first-order valence-electron chi connectivity index (χ1n) is 11.5. The highest BCUT2D eigenvalue weighted by Gasteiger charge is 2.19. The predicted octanol–water partition coefficient (Wildman–Crippen LogP) is 6.69. The van der Waals surface area contributed by atoms with Crippen LogP contribution in [0.25, 0.3) is 22.3 Å². The number of methoxy groups -OCH3 is 1. The van der Waals surface area contributed by atoms with Gasteiger partial charge in [-0.05, 0) is 67.6 Å². The Balaban J connectivity index is 1.76. The summed E-state index contributed by atoms with van der Waals surface area (Å²) in [5.74, 6) is 1.41. The molecule has 0 aliphatic rings. The van der Waals surface area contributed by atoms with Crippen LogP contribution >= 0.6 is 0 Å². The molecule has 35 heavy (non-hydrogen) atoms. The minimum atomic E-state index is 0.197. The first-order chi connectivity index (χ1) is 16.8. The fourth-order valence-electron chi connectivity index (χ4n) is 4.42. The molecular formula is C30H29N3O2. The number of nitriles is 1. The summed E-state index contributed by atoms with van der Waals surface area (Å²) in [6, 6.07) is 20.4. The average molecular weight is 464 g/mol. The lowest BCUT2D eigenvalue weighted by atomic mass is 9.92. The van der Waals surface area contributed by atoms with Gasteiger partial charge >= 0.3 is 0 Å². The van der Waals surface area contributed by atoms with E-state index in [-0.39, 0.29) is 5.82 Å². The molecule has 1 heterocycles. The Hall–Kier alpha value is -4.30. The van der Waals surface area contributed by atoms with Crippen LogP contribution < -0.4 is 15.2 Å². The van der Waals surface area contributed by atoms with E-state index in [1.54, 1.807) is 13.3 Å². The molecule has 1 aromatic heterocycles. The van der Waals surface area contributed by atoms with Gasteiger partial charge in [0.25, 0.3) is 0 Å². The number of hydrogen-bond acceptors (Lipinski definition) is 5. The second-order valence-electron chi connectivity index (χ2n) is 8.82. The number of ether oxygens (including phenoxy) is 2. The lowest BCUT2D eigenvalue weighted by Gasteiger charge is -2.17. The molecule has 4 rings (SSSR count). The van der Waals surface area contributed by atoms with Gasteiger partial charge in [-0.1, -0.05) is 53.6 Å². The molecule has 0 unspecified atom stereocenters. The van der Waals surface area contributed by atoms with Crippen molar-refractivity contribution < 1.29 is 9.47 Å². The van der Waals surface area contributed by atoms with Crippen LogP contribution in [-0.4, -0.2) is 12.1 Å². The lowest BCUT2D eigenvalue weighted by molar-refractivity contribution is 0.283. The SMILES string of the molecule is COc1cc(-c2c(-c3ccc(C)cc3)cnc(N)c2C#N)ccc1OCc1c(C)cc(C)cc1C. The monoisotopic (exact) mass is 463 g/mol. The summed E-state index contributed by atoms with van der Waals surface area (Å²) in [4.78, 5) is 4.28. The van der Waals surface area contributed by atoms with Gasteiger partial charge < -0.3 is 15.2 Å². The van der Waals surface area contributed by atoms with Crippen molar-refractivity contribution in [2.24, 2.45) is 0 Å². The van der Waals surface area contributed by atoms with E-state index >= 15 is 0 Å². The Morgan fingerprint density at radius 1 is 0.857 bits per heavy atom. The van der Waals surface area contributed by atoms with Crippen LogP contribution in [0.2, 0.25) is 0 Å². The molecule has 0 aliphatic heterocycles. The first-order valence-corrected chi connectivity index (χ1v) is 11.5. The summed E-state index contributed by atoms with van der Waals surface area (Å²) in [5.41, 5.74) is 15.7. The predicted molar refractivity (Wildman–Crippen MR) is 141 cm³/mol. The molecule has 5 heteroatoms. The van der Waals surface area contributed by atoms with E-state index in [0.717, 1.165) is 33.4 Å². The third kappa shape index (κ3) is 4.83. The van der Waals surface area contributed by atoms with E-state index in [2.05, 4.69) is 44.0 Å². The molecule has 0 bridgehead atoms. The fourth-order valence-corrected chi connectivity index (χ4v) is 4.42.